The number of fused-ring (bicyclic) bond motifs is 7. The number of anilines is 1. The molecule has 0 aromatic heterocycles. The molecule has 4 fully saturated rings. The van der Waals surface area contributed by atoms with Gasteiger partial charge in [0.1, 0.15) is 12.4 Å². The van der Waals surface area contributed by atoms with Crippen molar-refractivity contribution in [3.05, 3.63) is 89.0 Å². The standard InChI is InChI=1S/C43H51NO8/c1-24(2)34(47)17-25(3)39(50)44-30-8-6-7-27(19-30)18-26-9-11-28(12-10-26)40-51-37-21-33-32-14-13-29-20-31(46)15-16-41(29,4)38(32)35(48)22-42(33,5)43(37,52-40)36(49)23-45/h6-12,15-16,19-20,24-25,32-33,35,37-38,40,45,48H,13-14,17-18,21-23H2,1-5H3,(H,44,50)/t25-,32+,33+,35+,37-,38-,40-,41+,42+,43-/m1/s1. The molecule has 9 nitrogen and oxygen atoms in total. The molecule has 1 amide bonds. The van der Waals surface area contributed by atoms with Crippen LogP contribution in [-0.2, 0) is 35.1 Å². The smallest absolute Gasteiger partial charge is 0.227 e. The van der Waals surface area contributed by atoms with Gasteiger partial charge in [-0.1, -0.05) is 82.7 Å². The number of Topliss-reactive ketones (excluding diaryl/α,β-unsaturated/α-hetero) is 2. The highest BCUT2D eigenvalue weighted by molar-refractivity contribution is 6.01. The van der Waals surface area contributed by atoms with E-state index in [4.69, 9.17) is 9.47 Å². The van der Waals surface area contributed by atoms with E-state index in [1.807, 2.05) is 75.4 Å². The van der Waals surface area contributed by atoms with Gasteiger partial charge in [0.15, 0.2) is 23.5 Å². The number of ketones is 3. The van der Waals surface area contributed by atoms with Crippen molar-refractivity contribution in [3.8, 4) is 0 Å². The van der Waals surface area contributed by atoms with E-state index in [1.165, 1.54) is 0 Å². The summed E-state index contributed by atoms with van der Waals surface area (Å²) in [5, 5.41) is 25.2. The number of nitrogens with one attached hydrogen (secondary N) is 1. The predicted molar refractivity (Wildman–Crippen MR) is 195 cm³/mol. The summed E-state index contributed by atoms with van der Waals surface area (Å²) < 4.78 is 13.4. The van der Waals surface area contributed by atoms with E-state index in [0.29, 0.717) is 24.9 Å². The number of rotatable bonds is 10. The van der Waals surface area contributed by atoms with Gasteiger partial charge in [0.2, 0.25) is 5.91 Å². The SMILES string of the molecule is CC(C)C(=O)C[C@@H](C)C(=O)Nc1cccc(Cc2ccc([C@@H]3O[C@@H]4C[C@H]5[C@@H]6CCC7=CC(=O)C=C[C@]7(C)[C@H]6[C@@H](O)C[C@]5(C)[C@]4(C(=O)CO)O3)cc2)c1. The Balaban J connectivity index is 1.06. The lowest BCUT2D eigenvalue weighted by Crippen LogP contribution is -2.63. The zero-order valence-corrected chi connectivity index (χ0v) is 30.8. The molecule has 1 saturated heterocycles. The lowest BCUT2D eigenvalue weighted by molar-refractivity contribution is -0.201. The van der Waals surface area contributed by atoms with E-state index in [9.17, 15) is 29.4 Å². The van der Waals surface area contributed by atoms with Gasteiger partial charge in [-0.2, -0.15) is 0 Å². The first kappa shape index (κ1) is 36.6. The second-order valence-electron chi connectivity index (χ2n) is 16.7. The number of aliphatic hydroxyl groups is 2. The van der Waals surface area contributed by atoms with Crippen LogP contribution >= 0.6 is 0 Å². The number of allylic oxidation sites excluding steroid dienone is 4. The van der Waals surface area contributed by atoms with E-state index >= 15 is 0 Å². The third kappa shape index (κ3) is 5.94. The summed E-state index contributed by atoms with van der Waals surface area (Å²) in [7, 11) is 0. The fraction of sp³-hybridized carbons (Fsp3) is 0.535. The summed E-state index contributed by atoms with van der Waals surface area (Å²) in [6.45, 7) is 8.93. The molecule has 5 aliphatic rings. The molecule has 0 radical (unpaired) electrons. The summed E-state index contributed by atoms with van der Waals surface area (Å²) in [5.41, 5.74) is 1.96. The van der Waals surface area contributed by atoms with Gasteiger partial charge in [-0.3, -0.25) is 19.2 Å². The zero-order valence-electron chi connectivity index (χ0n) is 30.8. The molecule has 52 heavy (non-hydrogen) atoms. The van der Waals surface area contributed by atoms with Crippen molar-refractivity contribution in [1.29, 1.82) is 0 Å². The number of benzene rings is 2. The van der Waals surface area contributed by atoms with Gasteiger partial charge in [0.05, 0.1) is 12.2 Å². The molecule has 2 aromatic carbocycles. The monoisotopic (exact) mass is 709 g/mol. The van der Waals surface area contributed by atoms with Crippen LogP contribution < -0.4 is 5.32 Å². The van der Waals surface area contributed by atoms with Crippen LogP contribution in [0, 0.1) is 40.4 Å². The molecule has 0 spiro atoms. The lowest BCUT2D eigenvalue weighted by atomic mass is 9.46. The van der Waals surface area contributed by atoms with Crippen molar-refractivity contribution in [2.24, 2.45) is 40.4 Å². The normalized spacial score (nSPS) is 35.2. The van der Waals surface area contributed by atoms with E-state index in [0.717, 1.165) is 35.1 Å². The van der Waals surface area contributed by atoms with Crippen LogP contribution in [-0.4, -0.2) is 57.9 Å². The molecule has 1 aliphatic heterocycles. The lowest BCUT2D eigenvalue weighted by Gasteiger charge is -2.59. The summed E-state index contributed by atoms with van der Waals surface area (Å²) in [4.78, 5) is 51.0. The van der Waals surface area contributed by atoms with E-state index in [1.54, 1.807) is 19.1 Å². The summed E-state index contributed by atoms with van der Waals surface area (Å²) in [5.74, 6) is -1.04. The minimum atomic E-state index is -1.40. The van der Waals surface area contributed by atoms with E-state index in [-0.39, 0.29) is 47.6 Å². The number of carbonyl (C=O) groups excluding carboxylic acids is 4. The Morgan fingerprint density at radius 1 is 1.04 bits per heavy atom. The maximum atomic E-state index is 13.9. The largest absolute Gasteiger partial charge is 0.393 e. The molecule has 10 atom stereocenters. The minimum absolute atomic E-state index is 0.0116. The van der Waals surface area contributed by atoms with Crippen LogP contribution in [0.4, 0.5) is 5.69 Å². The average molecular weight is 710 g/mol. The number of aliphatic hydroxyl groups excluding tert-OH is 2. The van der Waals surface area contributed by atoms with Crippen molar-refractivity contribution in [2.45, 2.75) is 97.2 Å². The Bertz CT molecular complexity index is 1830. The van der Waals surface area contributed by atoms with E-state index < -0.39 is 53.2 Å². The highest BCUT2D eigenvalue weighted by Gasteiger charge is 2.75. The molecule has 3 saturated carbocycles. The number of amides is 1. The van der Waals surface area contributed by atoms with Crippen LogP contribution in [0.25, 0.3) is 0 Å². The van der Waals surface area contributed by atoms with Crippen LogP contribution in [0.15, 0.2) is 72.3 Å². The Kier molecular flexibility index (Phi) is 9.56. The fourth-order valence-electron chi connectivity index (χ4n) is 10.5. The Hall–Kier alpha value is -3.76. The highest BCUT2D eigenvalue weighted by Crippen LogP contribution is 2.70. The predicted octanol–water partition coefficient (Wildman–Crippen LogP) is 6.07. The number of ether oxygens (including phenoxy) is 2. The molecule has 1 heterocycles. The molecule has 276 valence electrons. The maximum Gasteiger partial charge on any atom is 0.227 e. The van der Waals surface area contributed by atoms with Crippen molar-refractivity contribution in [2.75, 3.05) is 11.9 Å². The first-order chi connectivity index (χ1) is 24.7. The van der Waals surface area contributed by atoms with Gasteiger partial charge in [-0.25, -0.2) is 0 Å². The number of hydrogen-bond acceptors (Lipinski definition) is 8. The molecular formula is C43H51NO8. The molecule has 0 bridgehead atoms. The second kappa shape index (κ2) is 13.6. The van der Waals surface area contributed by atoms with Crippen molar-refractivity contribution in [1.82, 2.24) is 0 Å². The number of hydrogen-bond donors (Lipinski definition) is 3. The van der Waals surface area contributed by atoms with Crippen LogP contribution in [0.5, 0.6) is 0 Å². The average Bonchev–Trinajstić information content (AvgIpc) is 3.61. The first-order valence-corrected chi connectivity index (χ1v) is 18.8. The molecule has 0 unspecified atom stereocenters. The Labute approximate surface area is 305 Å². The molecule has 7 rings (SSSR count). The zero-order chi connectivity index (χ0) is 37.2. The summed E-state index contributed by atoms with van der Waals surface area (Å²) in [6.07, 6.45) is 6.52. The number of carbonyl (C=O) groups is 4. The molecular weight excluding hydrogens is 658 g/mol. The second-order valence-corrected chi connectivity index (χ2v) is 16.7. The van der Waals surface area contributed by atoms with Crippen molar-refractivity contribution >= 4 is 28.9 Å². The first-order valence-electron chi connectivity index (χ1n) is 18.8. The summed E-state index contributed by atoms with van der Waals surface area (Å²) in [6, 6.07) is 15.5. The van der Waals surface area contributed by atoms with Gasteiger partial charge in [0, 0.05) is 46.3 Å². The fourth-order valence-corrected chi connectivity index (χ4v) is 10.5. The topological polar surface area (TPSA) is 139 Å². The molecule has 9 heteroatoms. The van der Waals surface area contributed by atoms with Crippen LogP contribution in [0.3, 0.4) is 0 Å². The Morgan fingerprint density at radius 2 is 1.79 bits per heavy atom. The van der Waals surface area contributed by atoms with Gasteiger partial charge in [-0.15, -0.1) is 0 Å². The van der Waals surface area contributed by atoms with Crippen LogP contribution in [0.1, 0.15) is 89.7 Å². The quantitative estimate of drug-likeness (QED) is 0.270. The van der Waals surface area contributed by atoms with Crippen LogP contribution in [0.2, 0.25) is 0 Å². The molecule has 3 N–H and O–H groups in total. The van der Waals surface area contributed by atoms with Gasteiger partial charge in [0.25, 0.3) is 0 Å². The van der Waals surface area contributed by atoms with Gasteiger partial charge in [-0.05, 0) is 79.4 Å². The molecule has 2 aromatic rings. The Morgan fingerprint density at radius 3 is 2.50 bits per heavy atom. The maximum absolute atomic E-state index is 13.9. The van der Waals surface area contributed by atoms with Crippen molar-refractivity contribution < 1.29 is 38.9 Å². The van der Waals surface area contributed by atoms with Gasteiger partial charge < -0.3 is 25.0 Å². The highest BCUT2D eigenvalue weighted by atomic mass is 16.7. The van der Waals surface area contributed by atoms with Crippen molar-refractivity contribution in [3.63, 3.8) is 0 Å². The molecule has 4 aliphatic carbocycles. The van der Waals surface area contributed by atoms with Gasteiger partial charge >= 0.3 is 0 Å². The third-order valence-corrected chi connectivity index (χ3v) is 13.2. The summed E-state index contributed by atoms with van der Waals surface area (Å²) >= 11 is 0. The minimum Gasteiger partial charge on any atom is -0.393 e. The third-order valence-electron chi connectivity index (χ3n) is 13.2. The van der Waals surface area contributed by atoms with E-state index in [2.05, 4.69) is 12.2 Å².